The average molecular weight is 1260 g/mol. The second-order valence-electron chi connectivity index (χ2n) is 24.8. The van der Waals surface area contributed by atoms with Crippen LogP contribution in [0.15, 0.2) is 0 Å². The maximum Gasteiger partial charge on any atom is 0.472 e. The number of unbranched alkanes of at least 4 members (excludes halogenated alkanes) is 35. The lowest BCUT2D eigenvalue weighted by molar-refractivity contribution is -0.161. The van der Waals surface area contributed by atoms with E-state index in [2.05, 4.69) is 41.5 Å². The quantitative estimate of drug-likeness (QED) is 0.0222. The number of phosphoric ester groups is 2. The maximum absolute atomic E-state index is 13.0. The highest BCUT2D eigenvalue weighted by atomic mass is 31.2. The average Bonchev–Trinajstić information content (AvgIpc) is 3.55. The van der Waals surface area contributed by atoms with Crippen LogP contribution in [-0.4, -0.2) is 96.7 Å². The van der Waals surface area contributed by atoms with Crippen LogP contribution < -0.4 is 0 Å². The van der Waals surface area contributed by atoms with Gasteiger partial charge in [0.05, 0.1) is 26.4 Å². The maximum atomic E-state index is 13.0. The summed E-state index contributed by atoms with van der Waals surface area (Å²) in [5.74, 6) is -0.616. The molecular formula is C66H128O17P2. The number of carbonyl (C=O) groups is 4. The molecule has 0 saturated carbocycles. The van der Waals surface area contributed by atoms with E-state index in [1.165, 1.54) is 116 Å². The van der Waals surface area contributed by atoms with Crippen LogP contribution in [0.3, 0.4) is 0 Å². The Morgan fingerprint density at radius 3 is 0.800 bits per heavy atom. The van der Waals surface area contributed by atoms with Crippen molar-refractivity contribution in [2.45, 2.75) is 349 Å². The Labute approximate surface area is 517 Å². The number of hydrogen-bond donors (Lipinski definition) is 3. The van der Waals surface area contributed by atoms with Crippen LogP contribution in [-0.2, 0) is 65.4 Å². The molecular weight excluding hydrogens is 1130 g/mol. The number of carbonyl (C=O) groups excluding carboxylic acids is 4. The minimum Gasteiger partial charge on any atom is -0.462 e. The summed E-state index contributed by atoms with van der Waals surface area (Å²) in [6.07, 6.45) is 42.2. The van der Waals surface area contributed by atoms with Gasteiger partial charge in [-0.15, -0.1) is 0 Å². The van der Waals surface area contributed by atoms with Crippen molar-refractivity contribution >= 4 is 39.5 Å². The van der Waals surface area contributed by atoms with Gasteiger partial charge in [-0.05, 0) is 37.5 Å². The number of phosphoric acid groups is 2. The highest BCUT2D eigenvalue weighted by Crippen LogP contribution is 2.45. The highest BCUT2D eigenvalue weighted by Gasteiger charge is 2.30. The molecule has 0 aliphatic carbocycles. The predicted molar refractivity (Wildman–Crippen MR) is 340 cm³/mol. The SMILES string of the molecule is CCCCCCCCCC(=O)OC[C@H](COP(=O)(O)OC[C@H](O)COP(=O)(O)OC[C@@H](COC(=O)CCCCCCCCCC(C)C)OC(=O)CCCCCCCCCCCCCCCCCCCCC(C)C)OC(=O)CCCCCCCCC. The molecule has 0 amide bonds. The molecule has 0 heterocycles. The Hall–Kier alpha value is -1.94. The van der Waals surface area contributed by atoms with Crippen LogP contribution in [0, 0.1) is 11.8 Å². The molecule has 0 aliphatic heterocycles. The van der Waals surface area contributed by atoms with E-state index in [1.54, 1.807) is 0 Å². The van der Waals surface area contributed by atoms with Crippen LogP contribution in [0.1, 0.15) is 330 Å². The first-order valence-corrected chi connectivity index (χ1v) is 37.5. The molecule has 2 unspecified atom stereocenters. The zero-order chi connectivity index (χ0) is 62.9. The number of hydrogen-bond acceptors (Lipinski definition) is 15. The fourth-order valence-electron chi connectivity index (χ4n) is 9.88. The smallest absolute Gasteiger partial charge is 0.462 e. The molecule has 0 aromatic heterocycles. The Morgan fingerprint density at radius 1 is 0.318 bits per heavy atom. The van der Waals surface area contributed by atoms with E-state index in [0.717, 1.165) is 128 Å². The lowest BCUT2D eigenvalue weighted by atomic mass is 10.0. The van der Waals surface area contributed by atoms with E-state index < -0.39 is 97.5 Å². The molecule has 85 heavy (non-hydrogen) atoms. The zero-order valence-corrected chi connectivity index (χ0v) is 56.7. The third-order valence-corrected chi connectivity index (χ3v) is 17.1. The summed E-state index contributed by atoms with van der Waals surface area (Å²) in [6.45, 7) is 9.40. The first-order chi connectivity index (χ1) is 40.9. The predicted octanol–water partition coefficient (Wildman–Crippen LogP) is 18.4. The molecule has 3 N–H and O–H groups in total. The second-order valence-corrected chi connectivity index (χ2v) is 27.7. The summed E-state index contributed by atoms with van der Waals surface area (Å²) in [5.41, 5.74) is 0. The number of esters is 4. The highest BCUT2D eigenvalue weighted by molar-refractivity contribution is 7.47. The van der Waals surface area contributed by atoms with Crippen LogP contribution >= 0.6 is 15.6 Å². The standard InChI is InChI=1S/C66H128O17P2/c1-7-9-11-13-28-36-42-48-63(68)76-54-61(82-65(70)50-44-38-29-14-12-10-8-2)56-80-84(72,73)78-52-60(67)53-79-85(74,75)81-57-62(55-77-64(69)49-43-37-33-27-31-35-41-47-59(5)6)83-66(71)51-45-39-32-26-24-22-20-18-16-15-17-19-21-23-25-30-34-40-46-58(3)4/h58-62,67H,7-57H2,1-6H3,(H,72,73)(H,74,75)/t60-,61+,62+/m0/s1. The number of aliphatic hydroxyl groups excluding tert-OH is 1. The summed E-state index contributed by atoms with van der Waals surface area (Å²) >= 11 is 0. The first kappa shape index (κ1) is 83.1. The lowest BCUT2D eigenvalue weighted by Gasteiger charge is -2.21. The Bertz CT molecular complexity index is 1670. The van der Waals surface area contributed by atoms with Crippen molar-refractivity contribution in [1.29, 1.82) is 0 Å². The summed E-state index contributed by atoms with van der Waals surface area (Å²) in [7, 11) is -9.88. The molecule has 0 saturated heterocycles. The van der Waals surface area contributed by atoms with E-state index in [0.29, 0.717) is 31.6 Å². The van der Waals surface area contributed by atoms with Gasteiger partial charge in [0.2, 0.25) is 0 Å². The van der Waals surface area contributed by atoms with Gasteiger partial charge in [0.1, 0.15) is 19.3 Å². The lowest BCUT2D eigenvalue weighted by Crippen LogP contribution is -2.30. The van der Waals surface area contributed by atoms with Crippen LogP contribution in [0.2, 0.25) is 0 Å². The molecule has 0 rings (SSSR count). The van der Waals surface area contributed by atoms with Crippen molar-refractivity contribution in [2.75, 3.05) is 39.6 Å². The molecule has 0 fully saturated rings. The number of rotatable bonds is 65. The zero-order valence-electron chi connectivity index (χ0n) is 54.9. The Kier molecular flexibility index (Phi) is 57.1. The van der Waals surface area contributed by atoms with Crippen molar-refractivity contribution in [1.82, 2.24) is 0 Å². The fraction of sp³-hybridized carbons (Fsp3) is 0.939. The molecule has 504 valence electrons. The number of ether oxygens (including phenoxy) is 4. The van der Waals surface area contributed by atoms with Crippen molar-refractivity contribution in [2.24, 2.45) is 11.8 Å². The molecule has 17 nitrogen and oxygen atoms in total. The molecule has 0 aliphatic rings. The molecule has 5 atom stereocenters. The minimum absolute atomic E-state index is 0.103. The Morgan fingerprint density at radius 2 is 0.541 bits per heavy atom. The van der Waals surface area contributed by atoms with Crippen molar-refractivity contribution in [3.63, 3.8) is 0 Å². The summed E-state index contributed by atoms with van der Waals surface area (Å²) in [6, 6.07) is 0. The minimum atomic E-state index is -4.94. The molecule has 0 aromatic carbocycles. The molecule has 19 heteroatoms. The van der Waals surface area contributed by atoms with Gasteiger partial charge in [-0.1, -0.05) is 279 Å². The normalized spacial score (nSPS) is 14.2. The van der Waals surface area contributed by atoms with E-state index in [1.807, 2.05) is 0 Å². The first-order valence-electron chi connectivity index (χ1n) is 34.5. The monoisotopic (exact) mass is 1250 g/mol. The van der Waals surface area contributed by atoms with Gasteiger partial charge in [-0.3, -0.25) is 37.3 Å². The fourth-order valence-corrected chi connectivity index (χ4v) is 11.5. The van der Waals surface area contributed by atoms with Gasteiger partial charge in [-0.25, -0.2) is 9.13 Å². The number of aliphatic hydroxyl groups is 1. The molecule has 0 radical (unpaired) electrons. The van der Waals surface area contributed by atoms with E-state index in [9.17, 15) is 43.2 Å². The van der Waals surface area contributed by atoms with Crippen LogP contribution in [0.5, 0.6) is 0 Å². The van der Waals surface area contributed by atoms with Gasteiger partial charge < -0.3 is 33.8 Å². The largest absolute Gasteiger partial charge is 0.472 e. The van der Waals surface area contributed by atoms with Crippen molar-refractivity contribution in [3.8, 4) is 0 Å². The third kappa shape index (κ3) is 60.7. The molecule has 0 spiro atoms. The van der Waals surface area contributed by atoms with Gasteiger partial charge in [0, 0.05) is 25.7 Å². The van der Waals surface area contributed by atoms with Gasteiger partial charge in [-0.2, -0.15) is 0 Å². The topological polar surface area (TPSA) is 237 Å². The van der Waals surface area contributed by atoms with E-state index >= 15 is 0 Å². The van der Waals surface area contributed by atoms with Gasteiger partial charge >= 0.3 is 39.5 Å². The van der Waals surface area contributed by atoms with Gasteiger partial charge in [0.25, 0.3) is 0 Å². The molecule has 0 bridgehead atoms. The summed E-state index contributed by atoms with van der Waals surface area (Å²) in [5, 5.41) is 10.5. The Balaban J connectivity index is 5.08. The van der Waals surface area contributed by atoms with Crippen LogP contribution in [0.25, 0.3) is 0 Å². The second kappa shape index (κ2) is 58.4. The summed E-state index contributed by atoms with van der Waals surface area (Å²) < 4.78 is 67.8. The van der Waals surface area contributed by atoms with Gasteiger partial charge in [0.15, 0.2) is 12.2 Å². The van der Waals surface area contributed by atoms with E-state index in [4.69, 9.17) is 37.0 Å². The van der Waals surface area contributed by atoms with Crippen LogP contribution in [0.4, 0.5) is 0 Å². The van der Waals surface area contributed by atoms with Crippen molar-refractivity contribution in [3.05, 3.63) is 0 Å². The molecule has 0 aromatic rings. The third-order valence-electron chi connectivity index (χ3n) is 15.2. The van der Waals surface area contributed by atoms with Crippen molar-refractivity contribution < 1.29 is 80.2 Å². The summed E-state index contributed by atoms with van der Waals surface area (Å²) in [4.78, 5) is 72.0. The van der Waals surface area contributed by atoms with E-state index in [-0.39, 0.29) is 25.7 Å².